The van der Waals surface area contributed by atoms with Gasteiger partial charge in [0, 0.05) is 11.6 Å². The monoisotopic (exact) mass is 226 g/mol. The van der Waals surface area contributed by atoms with Gasteiger partial charge in [0.1, 0.15) is 0 Å². The van der Waals surface area contributed by atoms with Crippen molar-refractivity contribution in [3.05, 3.63) is 48.2 Å². The van der Waals surface area contributed by atoms with E-state index in [1.165, 1.54) is 0 Å². The third-order valence-corrected chi connectivity index (χ3v) is 2.57. The van der Waals surface area contributed by atoms with Gasteiger partial charge in [-0.3, -0.25) is 4.98 Å². The zero-order chi connectivity index (χ0) is 12.1. The first kappa shape index (κ1) is 11.3. The first-order chi connectivity index (χ1) is 8.33. The molecule has 0 fully saturated rings. The highest BCUT2D eigenvalue weighted by Crippen LogP contribution is 2.13. The molecule has 0 radical (unpaired) electrons. The van der Waals surface area contributed by atoms with E-state index in [-0.39, 0.29) is 0 Å². The lowest BCUT2D eigenvalue weighted by Crippen LogP contribution is -1.89. The Morgan fingerprint density at radius 3 is 3.00 bits per heavy atom. The molecule has 0 saturated heterocycles. The molecular formula is C14H14N2O. The van der Waals surface area contributed by atoms with Gasteiger partial charge in [-0.1, -0.05) is 36.4 Å². The Morgan fingerprint density at radius 1 is 1.41 bits per heavy atom. The molecule has 0 aliphatic rings. The maximum Gasteiger partial charge on any atom is 0.0793 e. The van der Waals surface area contributed by atoms with Crippen LogP contribution in [0.4, 0.5) is 0 Å². The van der Waals surface area contributed by atoms with Crippen LogP contribution in [0.5, 0.6) is 0 Å². The molecule has 2 aromatic rings. The van der Waals surface area contributed by atoms with E-state index in [2.05, 4.69) is 16.2 Å². The minimum absolute atomic E-state index is 0.651. The molecule has 0 amide bonds. The van der Waals surface area contributed by atoms with Gasteiger partial charge in [0.2, 0.25) is 0 Å². The zero-order valence-electron chi connectivity index (χ0n) is 9.67. The molecular weight excluding hydrogens is 212 g/mol. The van der Waals surface area contributed by atoms with Gasteiger partial charge in [-0.25, -0.2) is 0 Å². The molecule has 0 aliphatic carbocycles. The highest BCUT2D eigenvalue weighted by molar-refractivity contribution is 5.97. The fraction of sp³-hybridized carbons (Fsp3) is 0.143. The SMILES string of the molecule is CCC(C=Cc1cnc2ccccc2c1)=NO. The lowest BCUT2D eigenvalue weighted by Gasteiger charge is -1.98. The Labute approximate surface area is 100 Å². The predicted molar refractivity (Wildman–Crippen MR) is 70.3 cm³/mol. The third kappa shape index (κ3) is 2.69. The summed E-state index contributed by atoms with van der Waals surface area (Å²) in [5.41, 5.74) is 2.63. The van der Waals surface area contributed by atoms with Crippen molar-refractivity contribution in [1.29, 1.82) is 0 Å². The Kier molecular flexibility index (Phi) is 3.50. The van der Waals surface area contributed by atoms with Crippen molar-refractivity contribution in [3.63, 3.8) is 0 Å². The van der Waals surface area contributed by atoms with Crippen LogP contribution in [-0.4, -0.2) is 15.9 Å². The number of para-hydroxylation sites is 1. The fourth-order valence-electron chi connectivity index (χ4n) is 1.59. The summed E-state index contributed by atoms with van der Waals surface area (Å²) >= 11 is 0. The minimum Gasteiger partial charge on any atom is -0.411 e. The Morgan fingerprint density at radius 2 is 2.24 bits per heavy atom. The van der Waals surface area contributed by atoms with Crippen LogP contribution in [0.25, 0.3) is 17.0 Å². The first-order valence-corrected chi connectivity index (χ1v) is 5.57. The van der Waals surface area contributed by atoms with Gasteiger partial charge in [0.05, 0.1) is 11.2 Å². The van der Waals surface area contributed by atoms with Gasteiger partial charge in [0.25, 0.3) is 0 Å². The highest BCUT2D eigenvalue weighted by atomic mass is 16.4. The van der Waals surface area contributed by atoms with Gasteiger partial charge in [-0.05, 0) is 30.2 Å². The maximum absolute atomic E-state index is 8.70. The number of benzene rings is 1. The second kappa shape index (κ2) is 5.25. The van der Waals surface area contributed by atoms with E-state index in [0.29, 0.717) is 12.1 Å². The van der Waals surface area contributed by atoms with Crippen LogP contribution in [0.15, 0.2) is 47.8 Å². The third-order valence-electron chi connectivity index (χ3n) is 2.57. The van der Waals surface area contributed by atoms with Crippen LogP contribution in [0.1, 0.15) is 18.9 Å². The number of fused-ring (bicyclic) bond motifs is 1. The molecule has 0 saturated carbocycles. The molecule has 3 nitrogen and oxygen atoms in total. The molecule has 0 aliphatic heterocycles. The van der Waals surface area contributed by atoms with Crippen molar-refractivity contribution in [2.45, 2.75) is 13.3 Å². The number of nitrogens with zero attached hydrogens (tertiary/aromatic N) is 2. The minimum atomic E-state index is 0.651. The summed E-state index contributed by atoms with van der Waals surface area (Å²) in [4.78, 5) is 4.36. The van der Waals surface area contributed by atoms with Crippen molar-refractivity contribution in [1.82, 2.24) is 4.98 Å². The summed E-state index contributed by atoms with van der Waals surface area (Å²) < 4.78 is 0. The molecule has 0 unspecified atom stereocenters. The molecule has 0 atom stereocenters. The van der Waals surface area contributed by atoms with Crippen molar-refractivity contribution in [3.8, 4) is 0 Å². The van der Waals surface area contributed by atoms with Gasteiger partial charge in [0.15, 0.2) is 0 Å². The molecule has 1 N–H and O–H groups in total. The summed E-state index contributed by atoms with van der Waals surface area (Å²) in [6.07, 6.45) is 6.21. The molecule has 3 heteroatoms. The molecule has 0 spiro atoms. The molecule has 0 bridgehead atoms. The van der Waals surface area contributed by atoms with Crippen LogP contribution >= 0.6 is 0 Å². The number of hydrogen-bond donors (Lipinski definition) is 1. The Balaban J connectivity index is 2.31. The summed E-state index contributed by atoms with van der Waals surface area (Å²) in [5, 5.41) is 13.0. The number of oxime groups is 1. The standard InChI is InChI=1S/C14H14N2O/c1-2-13(16-17)8-7-11-9-12-5-3-4-6-14(12)15-10-11/h3-10,17H,2H2,1H3. The summed E-state index contributed by atoms with van der Waals surface area (Å²) in [5.74, 6) is 0. The molecule has 1 aromatic heterocycles. The van der Waals surface area contributed by atoms with E-state index in [1.54, 1.807) is 6.08 Å². The average molecular weight is 226 g/mol. The smallest absolute Gasteiger partial charge is 0.0793 e. The van der Waals surface area contributed by atoms with Crippen LogP contribution in [0, 0.1) is 0 Å². The summed E-state index contributed by atoms with van der Waals surface area (Å²) in [6, 6.07) is 10.0. The van der Waals surface area contributed by atoms with Crippen LogP contribution in [0.2, 0.25) is 0 Å². The molecule has 86 valence electrons. The quantitative estimate of drug-likeness (QED) is 0.494. The second-order valence-corrected chi connectivity index (χ2v) is 3.74. The van der Waals surface area contributed by atoms with Crippen molar-refractivity contribution in [2.24, 2.45) is 5.16 Å². The van der Waals surface area contributed by atoms with Crippen LogP contribution in [0.3, 0.4) is 0 Å². The maximum atomic E-state index is 8.70. The summed E-state index contributed by atoms with van der Waals surface area (Å²) in [6.45, 7) is 1.94. The number of pyridine rings is 1. The zero-order valence-corrected chi connectivity index (χ0v) is 9.67. The van der Waals surface area contributed by atoms with Gasteiger partial charge >= 0.3 is 0 Å². The molecule has 2 rings (SSSR count). The fourth-order valence-corrected chi connectivity index (χ4v) is 1.59. The van der Waals surface area contributed by atoms with E-state index in [9.17, 15) is 0 Å². The normalized spacial score (nSPS) is 12.4. The van der Waals surface area contributed by atoms with Crippen LogP contribution < -0.4 is 0 Å². The number of aromatic nitrogens is 1. The molecule has 1 heterocycles. The summed E-state index contributed by atoms with van der Waals surface area (Å²) in [7, 11) is 0. The largest absolute Gasteiger partial charge is 0.411 e. The van der Waals surface area contributed by atoms with E-state index >= 15 is 0 Å². The van der Waals surface area contributed by atoms with E-state index in [1.807, 2.05) is 43.5 Å². The van der Waals surface area contributed by atoms with Crippen molar-refractivity contribution < 1.29 is 5.21 Å². The van der Waals surface area contributed by atoms with Gasteiger partial charge < -0.3 is 5.21 Å². The van der Waals surface area contributed by atoms with Crippen molar-refractivity contribution in [2.75, 3.05) is 0 Å². The van der Waals surface area contributed by atoms with E-state index in [4.69, 9.17) is 5.21 Å². The second-order valence-electron chi connectivity index (χ2n) is 3.74. The first-order valence-electron chi connectivity index (χ1n) is 5.57. The number of rotatable bonds is 3. The number of hydrogen-bond acceptors (Lipinski definition) is 3. The van der Waals surface area contributed by atoms with E-state index in [0.717, 1.165) is 16.5 Å². The number of allylic oxidation sites excluding steroid dienone is 1. The lowest BCUT2D eigenvalue weighted by molar-refractivity contribution is 0.318. The van der Waals surface area contributed by atoms with Crippen molar-refractivity contribution >= 4 is 22.7 Å². The Hall–Kier alpha value is -2.16. The molecule has 17 heavy (non-hydrogen) atoms. The predicted octanol–water partition coefficient (Wildman–Crippen LogP) is 3.49. The average Bonchev–Trinajstić information content (AvgIpc) is 2.40. The van der Waals surface area contributed by atoms with E-state index < -0.39 is 0 Å². The van der Waals surface area contributed by atoms with Gasteiger partial charge in [-0.15, -0.1) is 0 Å². The van der Waals surface area contributed by atoms with Gasteiger partial charge in [-0.2, -0.15) is 0 Å². The topological polar surface area (TPSA) is 45.5 Å². The molecule has 1 aromatic carbocycles. The highest BCUT2D eigenvalue weighted by Gasteiger charge is 1.95. The Bertz CT molecular complexity index is 573. The lowest BCUT2D eigenvalue weighted by atomic mass is 10.1. The van der Waals surface area contributed by atoms with Crippen LogP contribution in [-0.2, 0) is 0 Å².